The zero-order chi connectivity index (χ0) is 16.1. The second-order valence-corrected chi connectivity index (χ2v) is 6.36. The number of nitrogens with zero attached hydrogens (tertiary/aromatic N) is 3. The van der Waals surface area contributed by atoms with Crippen molar-refractivity contribution in [1.29, 1.82) is 0 Å². The smallest absolute Gasteiger partial charge is 0.321 e. The third-order valence-electron chi connectivity index (χ3n) is 3.26. The van der Waals surface area contributed by atoms with E-state index in [9.17, 15) is 13.6 Å². The quantitative estimate of drug-likeness (QED) is 0.814. The van der Waals surface area contributed by atoms with Gasteiger partial charge in [-0.25, -0.2) is 13.6 Å². The van der Waals surface area contributed by atoms with E-state index in [1.165, 1.54) is 0 Å². The van der Waals surface area contributed by atoms with Gasteiger partial charge in [-0.15, -0.1) is 10.2 Å². The van der Waals surface area contributed by atoms with E-state index < -0.39 is 17.5 Å². The van der Waals surface area contributed by atoms with E-state index in [1.807, 2.05) is 6.92 Å². The van der Waals surface area contributed by atoms with Crippen LogP contribution in [0, 0.1) is 0 Å². The van der Waals surface area contributed by atoms with Crippen LogP contribution in [0.2, 0.25) is 0 Å². The fourth-order valence-corrected chi connectivity index (χ4v) is 2.90. The second-order valence-electron chi connectivity index (χ2n) is 5.35. The molecule has 1 aromatic rings. The lowest BCUT2D eigenvalue weighted by molar-refractivity contribution is 0.150. The van der Waals surface area contributed by atoms with Crippen molar-refractivity contribution in [1.82, 2.24) is 20.4 Å². The first-order valence-corrected chi connectivity index (χ1v) is 7.81. The van der Waals surface area contributed by atoms with Gasteiger partial charge in [-0.2, -0.15) is 0 Å². The Kier molecular flexibility index (Phi) is 5.78. The van der Waals surface area contributed by atoms with Gasteiger partial charge in [-0.1, -0.05) is 23.5 Å². The van der Waals surface area contributed by atoms with E-state index in [-0.39, 0.29) is 11.2 Å². The standard InChI is InChI=1S/C13H19F2N5OS/c1-8(2)7-20-5-3-9(4-6-20)16-12(21)17-13-19-18-11(22-13)10(14)15/h9-10H,1,3-7H2,2H3,(H2,16,17,19,21). The lowest BCUT2D eigenvalue weighted by atomic mass is 10.0. The van der Waals surface area contributed by atoms with Crippen molar-refractivity contribution in [2.24, 2.45) is 0 Å². The molecule has 122 valence electrons. The number of aromatic nitrogens is 2. The number of amides is 2. The average Bonchev–Trinajstić information content (AvgIpc) is 2.89. The Labute approximate surface area is 131 Å². The van der Waals surface area contributed by atoms with Gasteiger partial charge in [0.15, 0.2) is 5.01 Å². The fraction of sp³-hybridized carbons (Fsp3) is 0.615. The van der Waals surface area contributed by atoms with Crippen LogP contribution in [0.15, 0.2) is 12.2 Å². The zero-order valence-electron chi connectivity index (χ0n) is 12.3. The number of halogens is 2. The molecule has 0 aliphatic carbocycles. The molecule has 9 heteroatoms. The summed E-state index contributed by atoms with van der Waals surface area (Å²) in [5, 5.41) is 11.8. The van der Waals surface area contributed by atoms with Crippen LogP contribution in [0.1, 0.15) is 31.2 Å². The summed E-state index contributed by atoms with van der Waals surface area (Å²) in [4.78, 5) is 14.1. The third-order valence-corrected chi connectivity index (χ3v) is 4.11. The molecule has 22 heavy (non-hydrogen) atoms. The first kappa shape index (κ1) is 16.8. The van der Waals surface area contributed by atoms with E-state index in [4.69, 9.17) is 0 Å². The van der Waals surface area contributed by atoms with Crippen LogP contribution in [-0.2, 0) is 0 Å². The predicted octanol–water partition coefficient (Wildman–Crippen LogP) is 2.64. The first-order chi connectivity index (χ1) is 10.4. The molecule has 1 fully saturated rings. The molecule has 1 saturated heterocycles. The van der Waals surface area contributed by atoms with Gasteiger partial charge >= 0.3 is 6.03 Å². The first-order valence-electron chi connectivity index (χ1n) is 7.00. The third kappa shape index (κ3) is 4.99. The normalized spacial score (nSPS) is 16.7. The monoisotopic (exact) mass is 331 g/mol. The highest BCUT2D eigenvalue weighted by molar-refractivity contribution is 7.15. The minimum atomic E-state index is -2.67. The Balaban J connectivity index is 1.74. The molecular formula is C13H19F2N5OS. The van der Waals surface area contributed by atoms with Crippen molar-refractivity contribution < 1.29 is 13.6 Å². The van der Waals surface area contributed by atoms with Crippen LogP contribution in [0.4, 0.5) is 18.7 Å². The Hall–Kier alpha value is -1.61. The number of alkyl halides is 2. The Morgan fingerprint density at radius 3 is 2.68 bits per heavy atom. The molecule has 0 spiro atoms. The van der Waals surface area contributed by atoms with E-state index in [2.05, 4.69) is 32.3 Å². The maximum Gasteiger partial charge on any atom is 0.321 e. The summed E-state index contributed by atoms with van der Waals surface area (Å²) in [6, 6.07) is -0.362. The number of carbonyl (C=O) groups is 1. The van der Waals surface area contributed by atoms with Gasteiger partial charge in [0.2, 0.25) is 5.13 Å². The van der Waals surface area contributed by atoms with Crippen LogP contribution < -0.4 is 10.6 Å². The molecule has 1 aliphatic heterocycles. The van der Waals surface area contributed by atoms with E-state index in [1.54, 1.807) is 0 Å². The number of carbonyl (C=O) groups excluding carboxylic acids is 1. The molecule has 1 aromatic heterocycles. The van der Waals surface area contributed by atoms with Crippen LogP contribution in [0.3, 0.4) is 0 Å². The van der Waals surface area contributed by atoms with Crippen molar-refractivity contribution >= 4 is 22.5 Å². The van der Waals surface area contributed by atoms with Gasteiger partial charge in [-0.05, 0) is 19.8 Å². The van der Waals surface area contributed by atoms with Gasteiger partial charge in [-0.3, -0.25) is 10.2 Å². The molecule has 0 unspecified atom stereocenters. The Bertz CT molecular complexity index is 528. The summed E-state index contributed by atoms with van der Waals surface area (Å²) < 4.78 is 24.8. The summed E-state index contributed by atoms with van der Waals surface area (Å²) in [5.41, 5.74) is 1.12. The number of urea groups is 1. The molecule has 0 aromatic carbocycles. The molecule has 2 heterocycles. The molecule has 1 aliphatic rings. The highest BCUT2D eigenvalue weighted by atomic mass is 32.1. The molecule has 2 N–H and O–H groups in total. The topological polar surface area (TPSA) is 70.2 Å². The van der Waals surface area contributed by atoms with Crippen LogP contribution in [-0.4, -0.2) is 46.8 Å². The van der Waals surface area contributed by atoms with Crippen LogP contribution >= 0.6 is 11.3 Å². The lowest BCUT2D eigenvalue weighted by Crippen LogP contribution is -2.46. The maximum absolute atomic E-state index is 12.4. The van der Waals surface area contributed by atoms with Gasteiger partial charge in [0.1, 0.15) is 0 Å². The number of likely N-dealkylation sites (tertiary alicyclic amines) is 1. The molecule has 6 nitrogen and oxygen atoms in total. The number of nitrogens with one attached hydrogen (secondary N) is 2. The Morgan fingerprint density at radius 2 is 2.14 bits per heavy atom. The highest BCUT2D eigenvalue weighted by Crippen LogP contribution is 2.25. The largest absolute Gasteiger partial charge is 0.335 e. The van der Waals surface area contributed by atoms with Crippen molar-refractivity contribution in [2.75, 3.05) is 25.0 Å². The summed E-state index contributed by atoms with van der Waals surface area (Å²) in [6.07, 6.45) is -0.980. The van der Waals surface area contributed by atoms with Crippen molar-refractivity contribution in [3.63, 3.8) is 0 Å². The second kappa shape index (κ2) is 7.59. The number of anilines is 1. The SMILES string of the molecule is C=C(C)CN1CCC(NC(=O)Nc2nnc(C(F)F)s2)CC1. The fourth-order valence-electron chi connectivity index (χ4n) is 2.31. The zero-order valence-corrected chi connectivity index (χ0v) is 13.1. The molecule has 0 bridgehead atoms. The summed E-state index contributed by atoms with van der Waals surface area (Å²) in [6.45, 7) is 8.55. The minimum absolute atomic E-state index is 0.0730. The molecule has 0 saturated carbocycles. The minimum Gasteiger partial charge on any atom is -0.335 e. The van der Waals surface area contributed by atoms with Crippen molar-refractivity contribution in [2.45, 2.75) is 32.2 Å². The van der Waals surface area contributed by atoms with Gasteiger partial charge in [0.25, 0.3) is 6.43 Å². The van der Waals surface area contributed by atoms with Gasteiger partial charge in [0, 0.05) is 25.7 Å². The van der Waals surface area contributed by atoms with Crippen LogP contribution in [0.25, 0.3) is 0 Å². The summed E-state index contributed by atoms with van der Waals surface area (Å²) >= 11 is 0.676. The van der Waals surface area contributed by atoms with Crippen molar-refractivity contribution in [3.8, 4) is 0 Å². The molecule has 0 atom stereocenters. The summed E-state index contributed by atoms with van der Waals surface area (Å²) in [5.74, 6) is 0. The van der Waals surface area contributed by atoms with Gasteiger partial charge in [0.05, 0.1) is 0 Å². The number of hydrogen-bond donors (Lipinski definition) is 2. The van der Waals surface area contributed by atoms with E-state index in [0.717, 1.165) is 38.0 Å². The number of rotatable bonds is 5. The van der Waals surface area contributed by atoms with E-state index in [0.29, 0.717) is 11.3 Å². The van der Waals surface area contributed by atoms with E-state index >= 15 is 0 Å². The van der Waals surface area contributed by atoms with Crippen LogP contribution in [0.5, 0.6) is 0 Å². The average molecular weight is 331 g/mol. The molecule has 2 rings (SSSR count). The van der Waals surface area contributed by atoms with Gasteiger partial charge < -0.3 is 5.32 Å². The number of hydrogen-bond acceptors (Lipinski definition) is 5. The maximum atomic E-state index is 12.4. The van der Waals surface area contributed by atoms with Crippen molar-refractivity contribution in [3.05, 3.63) is 17.2 Å². The molecule has 2 amide bonds. The molecule has 0 radical (unpaired) electrons. The molecular weight excluding hydrogens is 312 g/mol. The lowest BCUT2D eigenvalue weighted by Gasteiger charge is -2.32. The predicted molar refractivity (Wildman–Crippen MR) is 81.3 cm³/mol. The number of piperidine rings is 1. The highest BCUT2D eigenvalue weighted by Gasteiger charge is 2.21. The summed E-state index contributed by atoms with van der Waals surface area (Å²) in [7, 11) is 0. The Morgan fingerprint density at radius 1 is 1.45 bits per heavy atom.